The minimum atomic E-state index is -0.211. The van der Waals surface area contributed by atoms with Crippen LogP contribution in [0.25, 0.3) is 0 Å². The molecule has 104 valence electrons. The second kappa shape index (κ2) is 6.25. The van der Waals surface area contributed by atoms with Gasteiger partial charge in [0.05, 0.1) is 11.4 Å². The van der Waals surface area contributed by atoms with Gasteiger partial charge in [0, 0.05) is 5.69 Å². The Hall–Kier alpha value is -2.28. The van der Waals surface area contributed by atoms with E-state index >= 15 is 0 Å². The number of nitrogens with one attached hydrogen (secondary N) is 1. The summed E-state index contributed by atoms with van der Waals surface area (Å²) in [5.41, 5.74) is 2.68. The zero-order valence-electron chi connectivity index (χ0n) is 11.1. The molecule has 0 saturated carbocycles. The zero-order valence-corrected chi connectivity index (χ0v) is 11.9. The molecule has 2 N–H and O–H groups in total. The fourth-order valence-corrected chi connectivity index (χ4v) is 2.30. The van der Waals surface area contributed by atoms with Gasteiger partial charge in [0.1, 0.15) is 4.88 Å². The molecule has 7 heteroatoms. The second-order valence-corrected chi connectivity index (χ2v) is 4.87. The molecular formula is C13H14N4O2S. The summed E-state index contributed by atoms with van der Waals surface area (Å²) < 4.78 is 3.79. The standard InChI is InChI=1S/C13H14N4O2S/c1-3-11-12(20-17-15-11)13(18)14-10-6-4-9(5-7-10)8(2)16-19/h4-7,19H,3H2,1-2H3,(H,14,18). The van der Waals surface area contributed by atoms with Gasteiger partial charge in [-0.05, 0) is 42.6 Å². The number of hydrogen-bond acceptors (Lipinski definition) is 6. The summed E-state index contributed by atoms with van der Waals surface area (Å²) in [5, 5.41) is 18.5. The molecule has 1 amide bonds. The molecule has 0 aliphatic rings. The first kappa shape index (κ1) is 14.1. The molecule has 0 saturated heterocycles. The average Bonchev–Trinajstić information content (AvgIpc) is 2.95. The van der Waals surface area contributed by atoms with E-state index in [1.807, 2.05) is 6.92 Å². The Balaban J connectivity index is 2.12. The summed E-state index contributed by atoms with van der Waals surface area (Å²) in [4.78, 5) is 12.6. The third-order valence-electron chi connectivity index (χ3n) is 2.81. The lowest BCUT2D eigenvalue weighted by Gasteiger charge is -2.05. The molecule has 0 bridgehead atoms. The van der Waals surface area contributed by atoms with E-state index in [1.165, 1.54) is 0 Å². The number of hydrogen-bond donors (Lipinski definition) is 2. The van der Waals surface area contributed by atoms with Crippen molar-refractivity contribution in [2.24, 2.45) is 5.16 Å². The molecule has 0 aliphatic heterocycles. The monoisotopic (exact) mass is 290 g/mol. The first-order chi connectivity index (χ1) is 9.65. The van der Waals surface area contributed by atoms with Gasteiger partial charge in [0.2, 0.25) is 0 Å². The van der Waals surface area contributed by atoms with Crippen LogP contribution >= 0.6 is 11.5 Å². The molecule has 0 spiro atoms. The maximum atomic E-state index is 12.1. The van der Waals surface area contributed by atoms with Gasteiger partial charge < -0.3 is 10.5 Å². The first-order valence-electron chi connectivity index (χ1n) is 6.07. The molecule has 6 nitrogen and oxygen atoms in total. The SMILES string of the molecule is CCc1nnsc1C(=O)Nc1ccc(C(C)=NO)cc1. The molecule has 2 rings (SSSR count). The van der Waals surface area contributed by atoms with Crippen LogP contribution in [0.3, 0.4) is 0 Å². The first-order valence-corrected chi connectivity index (χ1v) is 6.84. The van der Waals surface area contributed by atoms with Gasteiger partial charge in [0.15, 0.2) is 0 Å². The van der Waals surface area contributed by atoms with Crippen LogP contribution in [-0.2, 0) is 6.42 Å². The molecular weight excluding hydrogens is 276 g/mol. The van der Waals surface area contributed by atoms with E-state index in [9.17, 15) is 4.79 Å². The fraction of sp³-hybridized carbons (Fsp3) is 0.231. The zero-order chi connectivity index (χ0) is 14.5. The number of carbonyl (C=O) groups is 1. The number of nitrogens with zero attached hydrogens (tertiary/aromatic N) is 3. The van der Waals surface area contributed by atoms with Crippen LogP contribution in [0.4, 0.5) is 5.69 Å². The van der Waals surface area contributed by atoms with E-state index in [0.717, 1.165) is 17.1 Å². The lowest BCUT2D eigenvalue weighted by molar-refractivity contribution is 0.102. The summed E-state index contributed by atoms with van der Waals surface area (Å²) in [7, 11) is 0. The largest absolute Gasteiger partial charge is 0.411 e. The van der Waals surface area contributed by atoms with Crippen molar-refractivity contribution in [2.45, 2.75) is 20.3 Å². The van der Waals surface area contributed by atoms with Crippen molar-refractivity contribution in [3.8, 4) is 0 Å². The summed E-state index contributed by atoms with van der Waals surface area (Å²) in [6.07, 6.45) is 0.671. The summed E-state index contributed by atoms with van der Waals surface area (Å²) in [5.74, 6) is -0.211. The topological polar surface area (TPSA) is 87.5 Å². The fourth-order valence-electron chi connectivity index (χ4n) is 1.65. The van der Waals surface area contributed by atoms with Gasteiger partial charge in [-0.15, -0.1) is 5.10 Å². The van der Waals surface area contributed by atoms with E-state index in [0.29, 0.717) is 28.4 Å². The highest BCUT2D eigenvalue weighted by Gasteiger charge is 2.15. The van der Waals surface area contributed by atoms with Crippen LogP contribution in [0.2, 0.25) is 0 Å². The Kier molecular flexibility index (Phi) is 4.41. The van der Waals surface area contributed by atoms with E-state index in [4.69, 9.17) is 5.21 Å². The maximum Gasteiger partial charge on any atom is 0.269 e. The smallest absolute Gasteiger partial charge is 0.269 e. The average molecular weight is 290 g/mol. The van der Waals surface area contributed by atoms with Crippen molar-refractivity contribution in [1.29, 1.82) is 0 Å². The third kappa shape index (κ3) is 3.00. The van der Waals surface area contributed by atoms with Crippen molar-refractivity contribution in [2.75, 3.05) is 5.32 Å². The number of benzene rings is 1. The molecule has 0 atom stereocenters. The number of rotatable bonds is 4. The molecule has 20 heavy (non-hydrogen) atoms. The van der Waals surface area contributed by atoms with Crippen LogP contribution in [0.5, 0.6) is 0 Å². The Morgan fingerprint density at radius 2 is 2.10 bits per heavy atom. The highest BCUT2D eigenvalue weighted by molar-refractivity contribution is 7.08. The third-order valence-corrected chi connectivity index (χ3v) is 3.57. The van der Waals surface area contributed by atoms with Crippen molar-refractivity contribution in [1.82, 2.24) is 9.59 Å². The number of amides is 1. The molecule has 1 aromatic carbocycles. The predicted molar refractivity (Wildman–Crippen MR) is 77.7 cm³/mol. The van der Waals surface area contributed by atoms with Gasteiger partial charge in [-0.1, -0.05) is 28.7 Å². The Morgan fingerprint density at radius 1 is 1.40 bits per heavy atom. The quantitative estimate of drug-likeness (QED) is 0.514. The highest BCUT2D eigenvalue weighted by atomic mass is 32.1. The van der Waals surface area contributed by atoms with E-state index < -0.39 is 0 Å². The minimum Gasteiger partial charge on any atom is -0.411 e. The van der Waals surface area contributed by atoms with E-state index in [-0.39, 0.29) is 5.91 Å². The molecule has 0 aliphatic carbocycles. The van der Waals surface area contributed by atoms with Crippen molar-refractivity contribution < 1.29 is 10.0 Å². The molecule has 0 fully saturated rings. The van der Waals surface area contributed by atoms with Crippen molar-refractivity contribution in [3.05, 3.63) is 40.4 Å². The van der Waals surface area contributed by atoms with Crippen LogP contribution < -0.4 is 5.32 Å². The van der Waals surface area contributed by atoms with Gasteiger partial charge in [-0.2, -0.15) is 0 Å². The molecule has 1 aromatic heterocycles. The Morgan fingerprint density at radius 3 is 2.70 bits per heavy atom. The Bertz CT molecular complexity index is 634. The maximum absolute atomic E-state index is 12.1. The lowest BCUT2D eigenvalue weighted by Crippen LogP contribution is -2.12. The van der Waals surface area contributed by atoms with Crippen molar-refractivity contribution >= 4 is 28.8 Å². The van der Waals surface area contributed by atoms with Gasteiger partial charge in [0.25, 0.3) is 5.91 Å². The van der Waals surface area contributed by atoms with Gasteiger partial charge >= 0.3 is 0 Å². The molecule has 0 unspecified atom stereocenters. The summed E-state index contributed by atoms with van der Waals surface area (Å²) in [6, 6.07) is 7.05. The van der Waals surface area contributed by atoms with E-state index in [2.05, 4.69) is 20.1 Å². The normalized spacial score (nSPS) is 11.4. The lowest BCUT2D eigenvalue weighted by atomic mass is 10.1. The van der Waals surface area contributed by atoms with Crippen LogP contribution in [0.15, 0.2) is 29.4 Å². The number of anilines is 1. The Labute approximate surface area is 120 Å². The number of carbonyl (C=O) groups excluding carboxylic acids is 1. The van der Waals surface area contributed by atoms with E-state index in [1.54, 1.807) is 31.2 Å². The predicted octanol–water partition coefficient (Wildman–Crippen LogP) is 2.55. The van der Waals surface area contributed by atoms with Gasteiger partial charge in [-0.25, -0.2) is 0 Å². The van der Waals surface area contributed by atoms with Crippen LogP contribution in [0, 0.1) is 0 Å². The molecule has 1 heterocycles. The molecule has 2 aromatic rings. The van der Waals surface area contributed by atoms with Crippen LogP contribution in [-0.4, -0.2) is 26.4 Å². The summed E-state index contributed by atoms with van der Waals surface area (Å²) >= 11 is 1.09. The second-order valence-electron chi connectivity index (χ2n) is 4.12. The highest BCUT2D eigenvalue weighted by Crippen LogP contribution is 2.16. The number of oxime groups is 1. The van der Waals surface area contributed by atoms with Crippen LogP contribution in [0.1, 0.15) is 34.8 Å². The van der Waals surface area contributed by atoms with Gasteiger partial charge in [-0.3, -0.25) is 4.79 Å². The number of aryl methyl sites for hydroxylation is 1. The van der Waals surface area contributed by atoms with Crippen molar-refractivity contribution in [3.63, 3.8) is 0 Å². The summed E-state index contributed by atoms with van der Waals surface area (Å²) in [6.45, 7) is 3.63. The number of aromatic nitrogens is 2. The molecule has 0 radical (unpaired) electrons. The minimum absolute atomic E-state index is 0.211.